The molecule has 0 spiro atoms. The monoisotopic (exact) mass is 206 g/mol. The highest BCUT2D eigenvalue weighted by Crippen LogP contribution is 2.09. The van der Waals surface area contributed by atoms with Gasteiger partial charge in [0.25, 0.3) is 0 Å². The molecule has 2 N–H and O–H groups in total. The Morgan fingerprint density at radius 1 is 1.67 bits per heavy atom. The lowest BCUT2D eigenvalue weighted by Gasteiger charge is -2.22. The first kappa shape index (κ1) is 11.8. The maximum absolute atomic E-state index is 11.8. The van der Waals surface area contributed by atoms with Crippen molar-refractivity contribution in [3.63, 3.8) is 0 Å². The third-order valence-electron chi connectivity index (χ3n) is 2.74. The maximum Gasteiger partial charge on any atom is 0.247 e. The standard InChI is InChI=1S/C12H18N2O/c1-4-6-11(5-2)14-12(15)9(3)10-7-13-8-10/h1,11,13H,5-8H2,2-3H3,(H,14,15). The van der Waals surface area contributed by atoms with Gasteiger partial charge in [-0.2, -0.15) is 0 Å². The number of terminal acetylenes is 1. The van der Waals surface area contributed by atoms with Crippen molar-refractivity contribution in [3.8, 4) is 12.3 Å². The average Bonchev–Trinajstić information content (AvgIpc) is 2.14. The smallest absolute Gasteiger partial charge is 0.247 e. The van der Waals surface area contributed by atoms with Crippen LogP contribution in [0.1, 0.15) is 26.7 Å². The van der Waals surface area contributed by atoms with Gasteiger partial charge in [0.15, 0.2) is 0 Å². The zero-order valence-electron chi connectivity index (χ0n) is 9.39. The summed E-state index contributed by atoms with van der Waals surface area (Å²) in [6.45, 7) is 5.57. The Morgan fingerprint density at radius 3 is 2.73 bits per heavy atom. The van der Waals surface area contributed by atoms with Gasteiger partial charge in [0.05, 0.1) is 0 Å². The van der Waals surface area contributed by atoms with Crippen molar-refractivity contribution in [1.29, 1.82) is 0 Å². The molecular formula is C12H18N2O. The highest BCUT2D eigenvalue weighted by atomic mass is 16.1. The van der Waals surface area contributed by atoms with E-state index in [-0.39, 0.29) is 11.9 Å². The van der Waals surface area contributed by atoms with Gasteiger partial charge in [-0.15, -0.1) is 12.3 Å². The fourth-order valence-corrected chi connectivity index (χ4v) is 1.41. The Labute approximate surface area is 91.3 Å². The van der Waals surface area contributed by atoms with Crippen LogP contribution in [-0.4, -0.2) is 25.0 Å². The van der Waals surface area contributed by atoms with Gasteiger partial charge >= 0.3 is 0 Å². The van der Waals surface area contributed by atoms with Crippen molar-refractivity contribution in [1.82, 2.24) is 10.6 Å². The van der Waals surface area contributed by atoms with Crippen LogP contribution in [0.4, 0.5) is 0 Å². The topological polar surface area (TPSA) is 41.1 Å². The average molecular weight is 206 g/mol. The summed E-state index contributed by atoms with van der Waals surface area (Å²) >= 11 is 0. The van der Waals surface area contributed by atoms with E-state index in [0.717, 1.165) is 25.1 Å². The molecule has 1 aliphatic heterocycles. The molecule has 82 valence electrons. The molecule has 15 heavy (non-hydrogen) atoms. The van der Waals surface area contributed by atoms with Crippen molar-refractivity contribution in [2.75, 3.05) is 13.1 Å². The van der Waals surface area contributed by atoms with Crippen molar-refractivity contribution >= 4 is 5.91 Å². The van der Waals surface area contributed by atoms with Crippen molar-refractivity contribution in [3.05, 3.63) is 11.1 Å². The van der Waals surface area contributed by atoms with Gasteiger partial charge in [0, 0.05) is 31.1 Å². The molecule has 0 bridgehead atoms. The highest BCUT2D eigenvalue weighted by molar-refractivity contribution is 5.94. The number of nitrogens with one attached hydrogen (secondary N) is 2. The molecule has 0 radical (unpaired) electrons. The number of amides is 1. The zero-order valence-corrected chi connectivity index (χ0v) is 9.39. The molecule has 1 heterocycles. The van der Waals surface area contributed by atoms with Crippen LogP contribution in [0.5, 0.6) is 0 Å². The number of hydrogen-bond acceptors (Lipinski definition) is 2. The minimum absolute atomic E-state index is 0.0219. The summed E-state index contributed by atoms with van der Waals surface area (Å²) in [5.41, 5.74) is 2.03. The summed E-state index contributed by atoms with van der Waals surface area (Å²) in [6, 6.07) is 0.103. The van der Waals surface area contributed by atoms with E-state index in [9.17, 15) is 4.79 Å². The van der Waals surface area contributed by atoms with Gasteiger partial charge in [0.1, 0.15) is 0 Å². The van der Waals surface area contributed by atoms with Crippen LogP contribution in [0.25, 0.3) is 0 Å². The van der Waals surface area contributed by atoms with E-state index in [2.05, 4.69) is 16.6 Å². The summed E-state index contributed by atoms with van der Waals surface area (Å²) in [5.74, 6) is 2.60. The molecule has 0 aromatic carbocycles. The summed E-state index contributed by atoms with van der Waals surface area (Å²) in [7, 11) is 0. The molecule has 0 aromatic heterocycles. The van der Waals surface area contributed by atoms with Gasteiger partial charge in [-0.1, -0.05) is 6.92 Å². The first-order valence-corrected chi connectivity index (χ1v) is 5.32. The summed E-state index contributed by atoms with van der Waals surface area (Å²) in [6.07, 6.45) is 6.70. The fourth-order valence-electron chi connectivity index (χ4n) is 1.41. The minimum atomic E-state index is 0.0219. The Balaban J connectivity index is 2.50. The van der Waals surface area contributed by atoms with Crippen molar-refractivity contribution < 1.29 is 4.79 Å². The molecule has 1 rings (SSSR count). The molecule has 1 saturated heterocycles. The molecule has 1 aliphatic rings. The van der Waals surface area contributed by atoms with Gasteiger partial charge in [-0.25, -0.2) is 0 Å². The zero-order chi connectivity index (χ0) is 11.3. The molecule has 1 fully saturated rings. The molecule has 1 atom stereocenters. The second kappa shape index (κ2) is 5.57. The van der Waals surface area contributed by atoms with Gasteiger partial charge in [-0.05, 0) is 18.9 Å². The van der Waals surface area contributed by atoms with Crippen molar-refractivity contribution in [2.24, 2.45) is 0 Å². The predicted molar refractivity (Wildman–Crippen MR) is 61.2 cm³/mol. The SMILES string of the molecule is C#CCC(CC)NC(=O)C(C)=C1CNC1. The number of carbonyl (C=O) groups is 1. The van der Waals surface area contributed by atoms with Crippen LogP contribution in [0.2, 0.25) is 0 Å². The summed E-state index contributed by atoms with van der Waals surface area (Å²) in [4.78, 5) is 11.8. The van der Waals surface area contributed by atoms with E-state index in [4.69, 9.17) is 6.42 Å². The van der Waals surface area contributed by atoms with E-state index in [1.807, 2.05) is 13.8 Å². The predicted octanol–water partition coefficient (Wildman–Crippen LogP) is 0.824. The van der Waals surface area contributed by atoms with E-state index in [0.29, 0.717) is 6.42 Å². The summed E-state index contributed by atoms with van der Waals surface area (Å²) < 4.78 is 0. The van der Waals surface area contributed by atoms with Crippen LogP contribution in [0.15, 0.2) is 11.1 Å². The lowest BCUT2D eigenvalue weighted by atomic mass is 10.0. The normalized spacial score (nSPS) is 16.2. The maximum atomic E-state index is 11.8. The molecule has 1 unspecified atom stereocenters. The largest absolute Gasteiger partial charge is 0.349 e. The second-order valence-electron chi connectivity index (χ2n) is 3.82. The molecule has 3 nitrogen and oxygen atoms in total. The molecule has 1 amide bonds. The molecule has 0 aliphatic carbocycles. The second-order valence-corrected chi connectivity index (χ2v) is 3.82. The van der Waals surface area contributed by atoms with Crippen molar-refractivity contribution in [2.45, 2.75) is 32.7 Å². The number of rotatable bonds is 4. The third-order valence-corrected chi connectivity index (χ3v) is 2.74. The van der Waals surface area contributed by atoms with Gasteiger partial charge in [0.2, 0.25) is 5.91 Å². The first-order chi connectivity index (χ1) is 7.19. The fraction of sp³-hybridized carbons (Fsp3) is 0.583. The Bertz CT molecular complexity index is 306. The quantitative estimate of drug-likeness (QED) is 0.528. The molecular weight excluding hydrogens is 188 g/mol. The van der Waals surface area contributed by atoms with E-state index < -0.39 is 0 Å². The van der Waals surface area contributed by atoms with Crippen LogP contribution in [0.3, 0.4) is 0 Å². The Morgan fingerprint density at radius 2 is 2.33 bits per heavy atom. The Kier molecular flexibility index (Phi) is 4.38. The highest BCUT2D eigenvalue weighted by Gasteiger charge is 2.17. The van der Waals surface area contributed by atoms with Gasteiger partial charge in [-0.3, -0.25) is 4.79 Å². The molecule has 0 aromatic rings. The lowest BCUT2D eigenvalue weighted by Crippen LogP contribution is -2.40. The first-order valence-electron chi connectivity index (χ1n) is 5.32. The number of hydrogen-bond donors (Lipinski definition) is 2. The summed E-state index contributed by atoms with van der Waals surface area (Å²) in [5, 5.41) is 6.07. The van der Waals surface area contributed by atoms with Crippen LogP contribution < -0.4 is 10.6 Å². The number of carbonyl (C=O) groups excluding carboxylic acids is 1. The molecule has 0 saturated carbocycles. The van der Waals surface area contributed by atoms with Gasteiger partial charge < -0.3 is 10.6 Å². The van der Waals surface area contributed by atoms with E-state index in [1.54, 1.807) is 0 Å². The van der Waals surface area contributed by atoms with Crippen LogP contribution in [0, 0.1) is 12.3 Å². The lowest BCUT2D eigenvalue weighted by molar-refractivity contribution is -0.118. The van der Waals surface area contributed by atoms with Crippen LogP contribution in [-0.2, 0) is 4.79 Å². The molecule has 3 heteroatoms. The Hall–Kier alpha value is -1.27. The van der Waals surface area contributed by atoms with E-state index >= 15 is 0 Å². The van der Waals surface area contributed by atoms with E-state index in [1.165, 1.54) is 5.57 Å². The minimum Gasteiger partial charge on any atom is -0.349 e. The third kappa shape index (κ3) is 3.10. The van der Waals surface area contributed by atoms with Crippen LogP contribution >= 0.6 is 0 Å².